The molecule has 0 aliphatic heterocycles. The van der Waals surface area contributed by atoms with Gasteiger partial charge in [0.15, 0.2) is 0 Å². The van der Waals surface area contributed by atoms with Crippen molar-refractivity contribution in [1.82, 2.24) is 4.98 Å². The molecule has 15 heavy (non-hydrogen) atoms. The maximum absolute atomic E-state index is 5.69. The minimum Gasteiger partial charge on any atom is -0.480 e. The van der Waals surface area contributed by atoms with E-state index in [0.29, 0.717) is 0 Å². The first-order valence-electron chi connectivity index (χ1n) is 4.84. The molecule has 0 aliphatic carbocycles. The Kier molecular flexibility index (Phi) is 3.11. The van der Waals surface area contributed by atoms with E-state index in [1.165, 1.54) is 0 Å². The zero-order valence-electron chi connectivity index (χ0n) is 8.81. The van der Waals surface area contributed by atoms with E-state index in [4.69, 9.17) is 4.74 Å². The number of pyridine rings is 1. The Hall–Kier alpha value is -1.22. The lowest BCUT2D eigenvalue weighted by Gasteiger charge is -2.11. The highest BCUT2D eigenvalue weighted by Gasteiger charge is 2.02. The van der Waals surface area contributed by atoms with Crippen molar-refractivity contribution in [2.45, 2.75) is 12.4 Å². The van der Waals surface area contributed by atoms with Gasteiger partial charge < -0.3 is 4.74 Å². The summed E-state index contributed by atoms with van der Waals surface area (Å²) in [5, 5.41) is 1.14. The molecule has 0 fully saturated rings. The van der Waals surface area contributed by atoms with Crippen LogP contribution in [0, 0.1) is 0 Å². The van der Waals surface area contributed by atoms with E-state index in [-0.39, 0.29) is 5.44 Å². The third-order valence-electron chi connectivity index (χ3n) is 2.21. The largest absolute Gasteiger partial charge is 0.480 e. The summed E-state index contributed by atoms with van der Waals surface area (Å²) in [6.45, 7) is 2.04. The maximum Gasteiger partial charge on any atom is 0.141 e. The van der Waals surface area contributed by atoms with E-state index in [9.17, 15) is 0 Å². The lowest BCUT2D eigenvalue weighted by atomic mass is 10.2. The lowest BCUT2D eigenvalue weighted by molar-refractivity contribution is 0.308. The van der Waals surface area contributed by atoms with Crippen molar-refractivity contribution in [3.05, 3.63) is 36.5 Å². The molecule has 0 N–H and O–H groups in total. The molecule has 1 atom stereocenters. The van der Waals surface area contributed by atoms with E-state index in [2.05, 4.69) is 4.98 Å². The number of rotatable bonds is 3. The summed E-state index contributed by atoms with van der Waals surface area (Å²) < 4.78 is 5.69. The van der Waals surface area contributed by atoms with E-state index in [1.54, 1.807) is 18.0 Å². The molecule has 1 aromatic carbocycles. The van der Waals surface area contributed by atoms with Crippen molar-refractivity contribution in [3.8, 4) is 5.75 Å². The van der Waals surface area contributed by atoms with Gasteiger partial charge in [0.1, 0.15) is 11.2 Å². The average molecular weight is 219 g/mol. The molecule has 0 spiro atoms. The molecule has 0 saturated heterocycles. The summed E-state index contributed by atoms with van der Waals surface area (Å²) in [5.41, 5.74) is 1.15. The molecular formula is C12H13NOS. The first-order chi connectivity index (χ1) is 7.29. The van der Waals surface area contributed by atoms with Crippen molar-refractivity contribution < 1.29 is 4.74 Å². The number of nitrogens with zero attached hydrogens (tertiary/aromatic N) is 1. The topological polar surface area (TPSA) is 22.1 Å². The van der Waals surface area contributed by atoms with Gasteiger partial charge in [-0.1, -0.05) is 6.07 Å². The fraction of sp³-hybridized carbons (Fsp3) is 0.250. The summed E-state index contributed by atoms with van der Waals surface area (Å²) in [7, 11) is 0. The minimum absolute atomic E-state index is 0.172. The Labute approximate surface area is 93.7 Å². The standard InChI is InChI=1S/C12H13NOS/c1-9(15-2)14-11-6-5-10-4-3-7-13-12(10)8-11/h3-9H,1-2H3. The number of hydrogen-bond donors (Lipinski definition) is 0. The first-order valence-corrected chi connectivity index (χ1v) is 6.12. The molecule has 2 rings (SSSR count). The molecule has 3 heteroatoms. The van der Waals surface area contributed by atoms with Crippen LogP contribution in [0.1, 0.15) is 6.92 Å². The van der Waals surface area contributed by atoms with Crippen LogP contribution in [0.15, 0.2) is 36.5 Å². The van der Waals surface area contributed by atoms with E-state index in [0.717, 1.165) is 16.7 Å². The molecule has 1 heterocycles. The van der Waals surface area contributed by atoms with Gasteiger partial charge in [0.25, 0.3) is 0 Å². The van der Waals surface area contributed by atoms with Gasteiger partial charge in [0.05, 0.1) is 5.52 Å². The van der Waals surface area contributed by atoms with Gasteiger partial charge in [-0.05, 0) is 31.4 Å². The van der Waals surface area contributed by atoms with Gasteiger partial charge >= 0.3 is 0 Å². The number of aromatic nitrogens is 1. The molecule has 0 aliphatic rings. The van der Waals surface area contributed by atoms with E-state index >= 15 is 0 Å². The fourth-order valence-corrected chi connectivity index (χ4v) is 1.57. The monoisotopic (exact) mass is 219 g/mol. The number of fused-ring (bicyclic) bond motifs is 1. The van der Waals surface area contributed by atoms with Gasteiger partial charge in [-0.25, -0.2) is 0 Å². The Bertz CT molecular complexity index is 458. The van der Waals surface area contributed by atoms with Crippen LogP contribution in [0.2, 0.25) is 0 Å². The molecule has 0 bridgehead atoms. The smallest absolute Gasteiger partial charge is 0.141 e. The van der Waals surface area contributed by atoms with Crippen LogP contribution in [-0.4, -0.2) is 16.7 Å². The molecule has 2 nitrogen and oxygen atoms in total. The lowest BCUT2D eigenvalue weighted by Crippen LogP contribution is -2.05. The van der Waals surface area contributed by atoms with Crippen molar-refractivity contribution in [2.75, 3.05) is 6.26 Å². The van der Waals surface area contributed by atoms with Crippen LogP contribution in [-0.2, 0) is 0 Å². The Balaban J connectivity index is 2.30. The highest BCUT2D eigenvalue weighted by molar-refractivity contribution is 7.99. The van der Waals surface area contributed by atoms with Gasteiger partial charge in [-0.15, -0.1) is 11.8 Å². The molecule has 1 aromatic heterocycles. The number of thioether (sulfide) groups is 1. The third kappa shape index (κ3) is 2.42. The summed E-state index contributed by atoms with van der Waals surface area (Å²) >= 11 is 1.68. The number of hydrogen-bond acceptors (Lipinski definition) is 3. The molecular weight excluding hydrogens is 206 g/mol. The van der Waals surface area contributed by atoms with Gasteiger partial charge in [0, 0.05) is 17.6 Å². The predicted molar refractivity (Wildman–Crippen MR) is 65.3 cm³/mol. The second-order valence-corrected chi connectivity index (χ2v) is 4.41. The van der Waals surface area contributed by atoms with E-state index < -0.39 is 0 Å². The van der Waals surface area contributed by atoms with Crippen molar-refractivity contribution in [1.29, 1.82) is 0 Å². The van der Waals surface area contributed by atoms with Crippen LogP contribution in [0.4, 0.5) is 0 Å². The summed E-state index contributed by atoms with van der Waals surface area (Å²) in [5.74, 6) is 0.878. The fourth-order valence-electron chi connectivity index (χ4n) is 1.36. The molecule has 78 valence electrons. The van der Waals surface area contributed by atoms with E-state index in [1.807, 2.05) is 43.5 Å². The normalized spacial score (nSPS) is 12.7. The van der Waals surface area contributed by atoms with Crippen LogP contribution in [0.5, 0.6) is 5.75 Å². The highest BCUT2D eigenvalue weighted by atomic mass is 32.2. The van der Waals surface area contributed by atoms with Gasteiger partial charge in [0.2, 0.25) is 0 Å². The highest BCUT2D eigenvalue weighted by Crippen LogP contribution is 2.21. The maximum atomic E-state index is 5.69. The van der Waals surface area contributed by atoms with Crippen LogP contribution in [0.3, 0.4) is 0 Å². The first kappa shape index (κ1) is 10.3. The zero-order valence-corrected chi connectivity index (χ0v) is 9.62. The molecule has 0 saturated carbocycles. The van der Waals surface area contributed by atoms with Crippen LogP contribution >= 0.6 is 11.8 Å². The summed E-state index contributed by atoms with van der Waals surface area (Å²) in [4.78, 5) is 4.29. The van der Waals surface area contributed by atoms with Crippen molar-refractivity contribution in [3.63, 3.8) is 0 Å². The number of benzene rings is 1. The molecule has 1 unspecified atom stereocenters. The molecule has 2 aromatic rings. The summed E-state index contributed by atoms with van der Waals surface area (Å²) in [6, 6.07) is 9.97. The van der Waals surface area contributed by atoms with Gasteiger partial charge in [-0.2, -0.15) is 0 Å². The zero-order chi connectivity index (χ0) is 10.7. The second kappa shape index (κ2) is 4.53. The number of ether oxygens (including phenoxy) is 1. The summed E-state index contributed by atoms with van der Waals surface area (Å²) in [6.07, 6.45) is 3.83. The van der Waals surface area contributed by atoms with Crippen LogP contribution in [0.25, 0.3) is 10.9 Å². The molecule has 0 amide bonds. The third-order valence-corrected chi connectivity index (χ3v) is 2.97. The Morgan fingerprint density at radius 3 is 3.00 bits per heavy atom. The SMILES string of the molecule is CSC(C)Oc1ccc2cccnc2c1. The average Bonchev–Trinajstić information content (AvgIpc) is 2.29. The van der Waals surface area contributed by atoms with Crippen molar-refractivity contribution in [2.24, 2.45) is 0 Å². The molecule has 0 radical (unpaired) electrons. The van der Waals surface area contributed by atoms with Crippen LogP contribution < -0.4 is 4.74 Å². The Morgan fingerprint density at radius 1 is 1.33 bits per heavy atom. The predicted octanol–water partition coefficient (Wildman–Crippen LogP) is 3.32. The van der Waals surface area contributed by atoms with Crippen molar-refractivity contribution >= 4 is 22.7 Å². The second-order valence-electron chi connectivity index (χ2n) is 3.28. The van der Waals surface area contributed by atoms with Gasteiger partial charge in [-0.3, -0.25) is 4.98 Å². The minimum atomic E-state index is 0.172. The Morgan fingerprint density at radius 2 is 2.20 bits per heavy atom. The quantitative estimate of drug-likeness (QED) is 0.739.